The molecule has 0 saturated carbocycles. The second kappa shape index (κ2) is 3.07. The van der Waals surface area contributed by atoms with E-state index in [0.29, 0.717) is 0 Å². The highest BCUT2D eigenvalue weighted by molar-refractivity contribution is 6.18. The molecule has 4 nitrogen and oxygen atoms in total. The van der Waals surface area contributed by atoms with E-state index in [4.69, 9.17) is 21.1 Å². The lowest BCUT2D eigenvalue weighted by molar-refractivity contribution is 0.0327. The molecule has 0 bridgehead atoms. The fraction of sp³-hybridized carbons (Fsp3) is 0.800. The lowest BCUT2D eigenvalue weighted by Crippen LogP contribution is -2.33. The maximum absolute atomic E-state index is 10.5. The van der Waals surface area contributed by atoms with E-state index in [1.54, 1.807) is 0 Å². The molecule has 1 aliphatic heterocycles. The van der Waals surface area contributed by atoms with Crippen molar-refractivity contribution in [3.63, 3.8) is 0 Å². The van der Waals surface area contributed by atoms with Crippen molar-refractivity contribution < 1.29 is 14.3 Å². The average molecular weight is 166 g/mol. The summed E-state index contributed by atoms with van der Waals surface area (Å²) in [5.74, 6) is 0.247. The summed E-state index contributed by atoms with van der Waals surface area (Å²) in [6, 6.07) is 0. The zero-order valence-corrected chi connectivity index (χ0v) is 6.22. The molecule has 0 aromatic rings. The van der Waals surface area contributed by atoms with E-state index in [2.05, 4.69) is 5.32 Å². The molecular weight excluding hydrogens is 158 g/mol. The Morgan fingerprint density at radius 1 is 1.90 bits per heavy atom. The van der Waals surface area contributed by atoms with E-state index < -0.39 is 12.3 Å². The predicted octanol–water partition coefficient (Wildman–Crippen LogP) is 0.306. The number of carbonyl (C=O) groups excluding carboxylic acids is 1. The molecule has 0 unspecified atom stereocenters. The molecule has 0 aromatic carbocycles. The smallest absolute Gasteiger partial charge is 0.409 e. The summed E-state index contributed by atoms with van der Waals surface area (Å²) in [5.41, 5.74) is 0. The van der Waals surface area contributed by atoms with Crippen molar-refractivity contribution in [3.05, 3.63) is 0 Å². The second-order valence-electron chi connectivity index (χ2n) is 1.90. The first-order chi connectivity index (χ1) is 4.77. The third-order valence-electron chi connectivity index (χ3n) is 1.26. The van der Waals surface area contributed by atoms with Crippen LogP contribution in [0.25, 0.3) is 0 Å². The van der Waals surface area contributed by atoms with Gasteiger partial charge in [-0.3, -0.25) is 5.32 Å². The third-order valence-corrected chi connectivity index (χ3v) is 1.57. The fourth-order valence-electron chi connectivity index (χ4n) is 0.766. The van der Waals surface area contributed by atoms with Crippen LogP contribution in [-0.2, 0) is 9.47 Å². The van der Waals surface area contributed by atoms with Crippen LogP contribution in [0.15, 0.2) is 0 Å². The Morgan fingerprint density at radius 3 is 3.00 bits per heavy atom. The number of ether oxygens (including phenoxy) is 2. The molecule has 1 fully saturated rings. The van der Waals surface area contributed by atoms with Crippen LogP contribution < -0.4 is 5.32 Å². The highest BCUT2D eigenvalue weighted by Gasteiger charge is 2.32. The summed E-state index contributed by atoms with van der Waals surface area (Å²) in [6.07, 6.45) is -1.23. The van der Waals surface area contributed by atoms with Gasteiger partial charge in [-0.2, -0.15) is 0 Å². The molecule has 1 N–H and O–H groups in total. The highest BCUT2D eigenvalue weighted by Crippen LogP contribution is 2.10. The number of nitrogens with one attached hydrogen (secondary N) is 1. The first-order valence-corrected chi connectivity index (χ1v) is 3.37. The highest BCUT2D eigenvalue weighted by atomic mass is 35.5. The topological polar surface area (TPSA) is 47.6 Å². The van der Waals surface area contributed by atoms with Gasteiger partial charge in [-0.05, 0) is 0 Å². The maximum Gasteiger partial charge on any atom is 0.409 e. The molecule has 0 radical (unpaired) electrons. The van der Waals surface area contributed by atoms with Crippen molar-refractivity contribution >= 4 is 17.7 Å². The Kier molecular flexibility index (Phi) is 2.34. The number of hydrogen-bond donors (Lipinski definition) is 1. The number of cyclic esters (lactones) is 1. The van der Waals surface area contributed by atoms with Gasteiger partial charge < -0.3 is 9.47 Å². The van der Waals surface area contributed by atoms with Gasteiger partial charge in [-0.1, -0.05) is 0 Å². The molecule has 0 aromatic heterocycles. The molecule has 1 heterocycles. The minimum absolute atomic E-state index is 0.247. The number of hydrogen-bond acceptors (Lipinski definition) is 3. The van der Waals surface area contributed by atoms with E-state index in [0.717, 1.165) is 0 Å². The maximum atomic E-state index is 10.5. The van der Waals surface area contributed by atoms with Crippen molar-refractivity contribution in [1.82, 2.24) is 5.32 Å². The summed E-state index contributed by atoms with van der Waals surface area (Å²) < 4.78 is 9.55. The molecule has 10 heavy (non-hydrogen) atoms. The number of amides is 1. The average Bonchev–Trinajstić information content (AvgIpc) is 2.30. The van der Waals surface area contributed by atoms with Crippen LogP contribution in [-0.4, -0.2) is 31.4 Å². The standard InChI is InChI=1S/C5H8ClNO3/c1-9-4-3(2-6)10-5(8)7-4/h3-4H,2H2,1H3,(H,7,8)/t3-,4-/m1/s1. The van der Waals surface area contributed by atoms with E-state index in [1.807, 2.05) is 0 Å². The summed E-state index contributed by atoms with van der Waals surface area (Å²) in [4.78, 5) is 10.5. The molecule has 1 saturated heterocycles. The molecule has 1 aliphatic rings. The Hall–Kier alpha value is -0.480. The van der Waals surface area contributed by atoms with Crippen LogP contribution in [0.2, 0.25) is 0 Å². The normalized spacial score (nSPS) is 31.6. The van der Waals surface area contributed by atoms with Crippen molar-refractivity contribution in [2.75, 3.05) is 13.0 Å². The van der Waals surface area contributed by atoms with Gasteiger partial charge in [-0.25, -0.2) is 4.79 Å². The van der Waals surface area contributed by atoms with Gasteiger partial charge in [0, 0.05) is 7.11 Å². The van der Waals surface area contributed by atoms with Gasteiger partial charge in [0.05, 0.1) is 5.88 Å². The molecule has 5 heteroatoms. The molecule has 0 aliphatic carbocycles. The number of rotatable bonds is 2. The lowest BCUT2D eigenvalue weighted by atomic mass is 10.4. The van der Waals surface area contributed by atoms with E-state index in [1.165, 1.54) is 7.11 Å². The Labute approximate surface area is 63.4 Å². The lowest BCUT2D eigenvalue weighted by Gasteiger charge is -2.10. The second-order valence-corrected chi connectivity index (χ2v) is 2.21. The molecule has 1 amide bonds. The van der Waals surface area contributed by atoms with Crippen molar-refractivity contribution in [2.45, 2.75) is 12.3 Å². The number of alkyl halides is 1. The number of methoxy groups -OCH3 is 1. The SMILES string of the molecule is CO[C@H]1NC(=O)O[C@@H]1CCl. The summed E-state index contributed by atoms with van der Waals surface area (Å²) in [5, 5.41) is 2.44. The van der Waals surface area contributed by atoms with Crippen LogP contribution in [0.3, 0.4) is 0 Å². The quantitative estimate of drug-likeness (QED) is 0.599. The van der Waals surface area contributed by atoms with Crippen LogP contribution in [0.1, 0.15) is 0 Å². The van der Waals surface area contributed by atoms with Crippen molar-refractivity contribution in [1.29, 1.82) is 0 Å². The van der Waals surface area contributed by atoms with E-state index in [-0.39, 0.29) is 12.0 Å². The van der Waals surface area contributed by atoms with Gasteiger partial charge in [0.2, 0.25) is 0 Å². The summed E-state index contributed by atoms with van der Waals surface area (Å²) >= 11 is 5.45. The van der Waals surface area contributed by atoms with Gasteiger partial charge in [0.15, 0.2) is 12.3 Å². The number of alkyl carbamates (subject to hydrolysis) is 1. The predicted molar refractivity (Wildman–Crippen MR) is 34.9 cm³/mol. The van der Waals surface area contributed by atoms with Crippen molar-refractivity contribution in [3.8, 4) is 0 Å². The Balaban J connectivity index is 2.48. The van der Waals surface area contributed by atoms with Crippen LogP contribution in [0.5, 0.6) is 0 Å². The Morgan fingerprint density at radius 2 is 2.60 bits per heavy atom. The minimum Gasteiger partial charge on any atom is -0.440 e. The van der Waals surface area contributed by atoms with Gasteiger partial charge in [-0.15, -0.1) is 11.6 Å². The molecular formula is C5H8ClNO3. The van der Waals surface area contributed by atoms with Crippen LogP contribution in [0.4, 0.5) is 4.79 Å². The molecule has 0 spiro atoms. The van der Waals surface area contributed by atoms with E-state index >= 15 is 0 Å². The first-order valence-electron chi connectivity index (χ1n) is 2.84. The first kappa shape index (κ1) is 7.63. The van der Waals surface area contributed by atoms with Crippen LogP contribution in [0, 0.1) is 0 Å². The molecule has 2 atom stereocenters. The third kappa shape index (κ3) is 1.33. The fourth-order valence-corrected chi connectivity index (χ4v) is 0.990. The van der Waals surface area contributed by atoms with Gasteiger partial charge in [0.25, 0.3) is 0 Å². The number of carbonyl (C=O) groups is 1. The van der Waals surface area contributed by atoms with E-state index in [9.17, 15) is 4.79 Å². The zero-order valence-electron chi connectivity index (χ0n) is 5.46. The van der Waals surface area contributed by atoms with Crippen molar-refractivity contribution in [2.24, 2.45) is 0 Å². The zero-order chi connectivity index (χ0) is 7.56. The molecule has 58 valence electrons. The Bertz CT molecular complexity index is 127. The minimum atomic E-state index is -0.475. The summed E-state index contributed by atoms with van der Waals surface area (Å²) in [7, 11) is 1.49. The largest absolute Gasteiger partial charge is 0.440 e. The number of halogens is 1. The van der Waals surface area contributed by atoms with Crippen LogP contribution >= 0.6 is 11.6 Å². The van der Waals surface area contributed by atoms with Gasteiger partial charge in [0.1, 0.15) is 0 Å². The van der Waals surface area contributed by atoms with Gasteiger partial charge >= 0.3 is 6.09 Å². The molecule has 1 rings (SSSR count). The monoisotopic (exact) mass is 165 g/mol. The summed E-state index contributed by atoms with van der Waals surface area (Å²) in [6.45, 7) is 0.